The van der Waals surface area contributed by atoms with Crippen molar-refractivity contribution >= 4 is 28.7 Å². The summed E-state index contributed by atoms with van der Waals surface area (Å²) in [6.45, 7) is 6.06. The largest absolute Gasteiger partial charge is 0.507 e. The van der Waals surface area contributed by atoms with E-state index in [0.29, 0.717) is 41.4 Å². The van der Waals surface area contributed by atoms with Gasteiger partial charge in [0.2, 0.25) is 5.91 Å². The molecule has 36 heavy (non-hydrogen) atoms. The average molecular weight is 487 g/mol. The van der Waals surface area contributed by atoms with E-state index in [0.717, 1.165) is 5.52 Å². The average Bonchev–Trinajstić information content (AvgIpc) is 3.27. The smallest absolute Gasteiger partial charge is 0.410 e. The van der Waals surface area contributed by atoms with E-state index in [2.05, 4.69) is 15.2 Å². The van der Waals surface area contributed by atoms with Crippen LogP contribution in [0.1, 0.15) is 20.8 Å². The van der Waals surface area contributed by atoms with Gasteiger partial charge in [-0.15, -0.1) is 10.2 Å². The van der Waals surface area contributed by atoms with Crippen molar-refractivity contribution in [2.24, 2.45) is 0 Å². The number of piperazine rings is 1. The van der Waals surface area contributed by atoms with Crippen LogP contribution < -0.4 is 4.90 Å². The van der Waals surface area contributed by atoms with Gasteiger partial charge >= 0.3 is 6.09 Å². The zero-order chi connectivity index (χ0) is 25.4. The third kappa shape index (κ3) is 4.57. The number of benzene rings is 1. The summed E-state index contributed by atoms with van der Waals surface area (Å²) in [6, 6.07) is 14.3. The third-order valence-electron chi connectivity index (χ3n) is 5.79. The van der Waals surface area contributed by atoms with Crippen molar-refractivity contribution < 1.29 is 19.4 Å². The summed E-state index contributed by atoms with van der Waals surface area (Å²) < 4.78 is 7.25. The van der Waals surface area contributed by atoms with E-state index in [1.54, 1.807) is 50.1 Å². The number of hydrogen-bond acceptors (Lipinski definition) is 7. The molecule has 10 nitrogen and oxygen atoms in total. The predicted molar refractivity (Wildman–Crippen MR) is 134 cm³/mol. The lowest BCUT2D eigenvalue weighted by Crippen LogP contribution is -2.53. The van der Waals surface area contributed by atoms with E-state index < -0.39 is 11.7 Å². The van der Waals surface area contributed by atoms with Crippen LogP contribution in [0.3, 0.4) is 0 Å². The van der Waals surface area contributed by atoms with Gasteiger partial charge in [-0.3, -0.25) is 14.3 Å². The van der Waals surface area contributed by atoms with Crippen molar-refractivity contribution in [2.45, 2.75) is 26.4 Å². The Morgan fingerprint density at radius 3 is 2.56 bits per heavy atom. The van der Waals surface area contributed by atoms with Gasteiger partial charge in [-0.2, -0.15) is 0 Å². The second-order valence-electron chi connectivity index (χ2n) is 9.52. The first-order chi connectivity index (χ1) is 17.2. The Bertz CT molecular complexity index is 1440. The maximum Gasteiger partial charge on any atom is 0.410 e. The van der Waals surface area contributed by atoms with Crippen LogP contribution in [0, 0.1) is 0 Å². The first-order valence-corrected chi connectivity index (χ1v) is 11.6. The van der Waals surface area contributed by atoms with E-state index in [4.69, 9.17) is 4.74 Å². The maximum absolute atomic E-state index is 12.8. The Balaban J connectivity index is 1.35. The second kappa shape index (κ2) is 8.95. The molecule has 184 valence electrons. The molecule has 1 aromatic carbocycles. The molecule has 0 bridgehead atoms. The van der Waals surface area contributed by atoms with Gasteiger partial charge in [-0.25, -0.2) is 9.78 Å². The second-order valence-corrected chi connectivity index (χ2v) is 9.52. The highest BCUT2D eigenvalue weighted by molar-refractivity contribution is 5.97. The molecule has 0 radical (unpaired) electrons. The number of aromatic hydroxyl groups is 1. The molecule has 1 fully saturated rings. The highest BCUT2D eigenvalue weighted by Crippen LogP contribution is 2.29. The standard InChI is InChI=1S/C26H26N6O4/c1-26(2,3)36-25(35)30-12-13-31(24(34)16-30)17-8-9-23(27-15-17)32-11-10-19-21(32)14-20(29-28-19)18-6-4-5-7-22(18)33/h4-11,14-15,33H,12-13,16H2,1-3H3. The van der Waals surface area contributed by atoms with Gasteiger partial charge in [0, 0.05) is 24.8 Å². The Kier molecular flexibility index (Phi) is 5.79. The van der Waals surface area contributed by atoms with E-state index in [1.165, 1.54) is 4.90 Å². The molecular formula is C26H26N6O4. The van der Waals surface area contributed by atoms with E-state index in [1.807, 2.05) is 41.1 Å². The van der Waals surface area contributed by atoms with Gasteiger partial charge in [0.1, 0.15) is 29.2 Å². The minimum atomic E-state index is -0.618. The van der Waals surface area contributed by atoms with Crippen LogP contribution >= 0.6 is 0 Å². The summed E-state index contributed by atoms with van der Waals surface area (Å²) in [7, 11) is 0. The van der Waals surface area contributed by atoms with E-state index in [-0.39, 0.29) is 18.2 Å². The molecular weight excluding hydrogens is 460 g/mol. The molecule has 3 aromatic heterocycles. The number of phenolic OH excluding ortho intramolecular Hbond substituents is 1. The number of anilines is 1. The maximum atomic E-state index is 12.8. The summed E-state index contributed by atoms with van der Waals surface area (Å²) in [6.07, 6.45) is 3.00. The minimum absolute atomic E-state index is 0.0489. The van der Waals surface area contributed by atoms with Gasteiger partial charge in [-0.1, -0.05) is 12.1 Å². The van der Waals surface area contributed by atoms with Gasteiger partial charge in [0.05, 0.1) is 23.1 Å². The molecule has 4 heterocycles. The Hall–Kier alpha value is -4.47. The number of para-hydroxylation sites is 1. The van der Waals surface area contributed by atoms with Gasteiger partial charge in [-0.05, 0) is 57.2 Å². The van der Waals surface area contributed by atoms with Crippen molar-refractivity contribution in [1.29, 1.82) is 0 Å². The summed E-state index contributed by atoms with van der Waals surface area (Å²) in [4.78, 5) is 32.7. The van der Waals surface area contributed by atoms with Crippen LogP contribution in [-0.4, -0.2) is 67.0 Å². The third-order valence-corrected chi connectivity index (χ3v) is 5.79. The van der Waals surface area contributed by atoms with Crippen LogP contribution in [-0.2, 0) is 9.53 Å². The van der Waals surface area contributed by atoms with Crippen molar-refractivity contribution in [3.8, 4) is 22.8 Å². The number of ether oxygens (including phenoxy) is 1. The van der Waals surface area contributed by atoms with Gasteiger partial charge in [0.25, 0.3) is 0 Å². The van der Waals surface area contributed by atoms with Gasteiger partial charge < -0.3 is 14.7 Å². The fraction of sp³-hybridized carbons (Fsp3) is 0.269. The van der Waals surface area contributed by atoms with Crippen molar-refractivity contribution in [2.75, 3.05) is 24.5 Å². The molecule has 4 aromatic rings. The molecule has 0 unspecified atom stereocenters. The SMILES string of the molecule is CC(C)(C)OC(=O)N1CCN(c2ccc(-n3ccc4nnc(-c5ccccc5O)cc43)nc2)C(=O)C1. The lowest BCUT2D eigenvalue weighted by Gasteiger charge is -2.35. The van der Waals surface area contributed by atoms with Crippen LogP contribution in [0.5, 0.6) is 5.75 Å². The van der Waals surface area contributed by atoms with Crippen LogP contribution in [0.25, 0.3) is 28.1 Å². The summed E-state index contributed by atoms with van der Waals surface area (Å²) in [5.74, 6) is 0.573. The normalized spacial score (nSPS) is 14.4. The number of hydrogen-bond donors (Lipinski definition) is 1. The van der Waals surface area contributed by atoms with E-state index >= 15 is 0 Å². The molecule has 1 saturated heterocycles. The molecule has 5 rings (SSSR count). The molecule has 2 amide bonds. The molecule has 0 atom stereocenters. The lowest BCUT2D eigenvalue weighted by molar-refractivity contribution is -0.121. The van der Waals surface area contributed by atoms with Crippen molar-refractivity contribution in [3.05, 3.63) is 60.9 Å². The molecule has 0 saturated carbocycles. The number of pyridine rings is 1. The van der Waals surface area contributed by atoms with Crippen molar-refractivity contribution in [1.82, 2.24) is 24.6 Å². The Labute approximate surface area is 207 Å². The fourth-order valence-corrected chi connectivity index (χ4v) is 4.06. The lowest BCUT2D eigenvalue weighted by atomic mass is 10.1. The number of fused-ring (bicyclic) bond motifs is 1. The van der Waals surface area contributed by atoms with Gasteiger partial charge in [0.15, 0.2) is 0 Å². The fourth-order valence-electron chi connectivity index (χ4n) is 4.06. The first-order valence-electron chi connectivity index (χ1n) is 11.6. The number of amides is 2. The topological polar surface area (TPSA) is 114 Å². The van der Waals surface area contributed by atoms with Crippen LogP contribution in [0.4, 0.5) is 10.5 Å². The molecule has 10 heteroatoms. The predicted octanol–water partition coefficient (Wildman–Crippen LogP) is 3.77. The minimum Gasteiger partial charge on any atom is -0.507 e. The quantitative estimate of drug-likeness (QED) is 0.469. The highest BCUT2D eigenvalue weighted by atomic mass is 16.6. The molecule has 0 spiro atoms. The molecule has 1 aliphatic heterocycles. The molecule has 0 aliphatic carbocycles. The van der Waals surface area contributed by atoms with Crippen LogP contribution in [0.15, 0.2) is 60.9 Å². The number of nitrogens with zero attached hydrogens (tertiary/aromatic N) is 6. The number of phenols is 1. The first kappa shape index (κ1) is 23.3. The zero-order valence-electron chi connectivity index (χ0n) is 20.3. The number of aromatic nitrogens is 4. The Morgan fingerprint density at radius 2 is 1.86 bits per heavy atom. The van der Waals surface area contributed by atoms with Crippen LogP contribution in [0.2, 0.25) is 0 Å². The number of carbonyl (C=O) groups excluding carboxylic acids is 2. The summed E-state index contributed by atoms with van der Waals surface area (Å²) in [5, 5.41) is 18.7. The molecule has 1 aliphatic rings. The summed E-state index contributed by atoms with van der Waals surface area (Å²) in [5.41, 5.74) is 2.64. The number of carbonyl (C=O) groups is 2. The zero-order valence-corrected chi connectivity index (χ0v) is 20.3. The van der Waals surface area contributed by atoms with E-state index in [9.17, 15) is 14.7 Å². The van der Waals surface area contributed by atoms with Crippen molar-refractivity contribution in [3.63, 3.8) is 0 Å². The monoisotopic (exact) mass is 486 g/mol. The number of rotatable bonds is 3. The summed E-state index contributed by atoms with van der Waals surface area (Å²) >= 11 is 0. The molecule has 1 N–H and O–H groups in total. The highest BCUT2D eigenvalue weighted by Gasteiger charge is 2.31. The Morgan fingerprint density at radius 1 is 1.06 bits per heavy atom.